The number of nitrogens with zero attached hydrogens (tertiary/aromatic N) is 3. The van der Waals surface area contributed by atoms with Gasteiger partial charge in [-0.1, -0.05) is 12.1 Å². The molecule has 24 heavy (non-hydrogen) atoms. The minimum absolute atomic E-state index is 0.561. The maximum absolute atomic E-state index is 4.44. The van der Waals surface area contributed by atoms with Crippen molar-refractivity contribution in [2.24, 2.45) is 4.99 Å². The molecule has 3 rings (SSSR count). The molecular formula is C18H27N5S. The highest BCUT2D eigenvalue weighted by Gasteiger charge is 2.24. The lowest BCUT2D eigenvalue weighted by Gasteiger charge is -2.17. The molecule has 6 heteroatoms. The van der Waals surface area contributed by atoms with E-state index in [1.54, 1.807) is 0 Å². The molecule has 0 aliphatic heterocycles. The van der Waals surface area contributed by atoms with Crippen LogP contribution in [0.15, 0.2) is 35.6 Å². The Bertz CT molecular complexity index is 681. The number of hydrogen-bond donors (Lipinski definition) is 2. The van der Waals surface area contributed by atoms with Gasteiger partial charge >= 0.3 is 0 Å². The molecule has 0 bridgehead atoms. The van der Waals surface area contributed by atoms with Crippen molar-refractivity contribution < 1.29 is 0 Å². The van der Waals surface area contributed by atoms with Crippen LogP contribution in [0, 0.1) is 0 Å². The minimum Gasteiger partial charge on any atom is -0.356 e. The molecule has 2 atom stereocenters. The highest BCUT2D eigenvalue weighted by Crippen LogP contribution is 2.27. The predicted molar refractivity (Wildman–Crippen MR) is 104 cm³/mol. The van der Waals surface area contributed by atoms with Crippen LogP contribution in [0.4, 0.5) is 0 Å². The number of fused-ring (bicyclic) bond motifs is 1. The van der Waals surface area contributed by atoms with E-state index in [1.807, 2.05) is 31.2 Å². The molecular weight excluding hydrogens is 318 g/mol. The minimum atomic E-state index is 0.561. The van der Waals surface area contributed by atoms with Crippen molar-refractivity contribution in [1.29, 1.82) is 0 Å². The second-order valence-electron chi connectivity index (χ2n) is 6.29. The summed E-state index contributed by atoms with van der Waals surface area (Å²) in [6.07, 6.45) is 8.97. The van der Waals surface area contributed by atoms with Crippen LogP contribution in [0.2, 0.25) is 0 Å². The average Bonchev–Trinajstić information content (AvgIpc) is 3.24. The van der Waals surface area contributed by atoms with E-state index in [1.165, 1.54) is 24.8 Å². The molecule has 1 aliphatic rings. The van der Waals surface area contributed by atoms with E-state index in [0.29, 0.717) is 6.04 Å². The number of nitrogens with one attached hydrogen (secondary N) is 2. The Morgan fingerprint density at radius 1 is 1.38 bits per heavy atom. The van der Waals surface area contributed by atoms with Crippen molar-refractivity contribution in [3.63, 3.8) is 0 Å². The molecule has 0 amide bonds. The Kier molecular flexibility index (Phi) is 6.01. The van der Waals surface area contributed by atoms with Crippen LogP contribution in [0.25, 0.3) is 11.0 Å². The van der Waals surface area contributed by atoms with E-state index in [2.05, 4.69) is 49.6 Å². The smallest absolute Gasteiger partial charge is 0.191 e. The number of aryl methyl sites for hydroxylation is 1. The molecule has 1 saturated carbocycles. The molecule has 1 aliphatic carbocycles. The van der Waals surface area contributed by atoms with Gasteiger partial charge in [-0.15, -0.1) is 0 Å². The fraction of sp³-hybridized carbons (Fsp3) is 0.556. The molecule has 2 unspecified atom stereocenters. The standard InChI is InChI=1S/C18H27N5S/c1-19-18(22-14-8-9-15(12-14)24-2)20-10-5-11-23-13-21-16-6-3-4-7-17(16)23/h3-4,6-7,13-15H,5,8-12H2,1-2H3,(H2,19,20,22). The largest absolute Gasteiger partial charge is 0.356 e. The van der Waals surface area contributed by atoms with E-state index >= 15 is 0 Å². The van der Waals surface area contributed by atoms with E-state index in [4.69, 9.17) is 0 Å². The summed E-state index contributed by atoms with van der Waals surface area (Å²) >= 11 is 1.98. The van der Waals surface area contributed by atoms with E-state index < -0.39 is 0 Å². The monoisotopic (exact) mass is 345 g/mol. The lowest BCUT2D eigenvalue weighted by Crippen LogP contribution is -2.43. The van der Waals surface area contributed by atoms with Gasteiger partial charge in [-0.05, 0) is 44.1 Å². The summed E-state index contributed by atoms with van der Waals surface area (Å²) in [6, 6.07) is 8.83. The zero-order chi connectivity index (χ0) is 16.8. The molecule has 1 heterocycles. The quantitative estimate of drug-likeness (QED) is 0.480. The first-order valence-electron chi connectivity index (χ1n) is 8.70. The number of aliphatic imine (C=N–C) groups is 1. The molecule has 2 aromatic rings. The molecule has 0 radical (unpaired) electrons. The third-order valence-corrected chi connectivity index (χ3v) is 5.77. The third kappa shape index (κ3) is 4.23. The van der Waals surface area contributed by atoms with Gasteiger partial charge < -0.3 is 15.2 Å². The number of thioether (sulfide) groups is 1. The van der Waals surface area contributed by atoms with Gasteiger partial charge in [-0.25, -0.2) is 4.98 Å². The van der Waals surface area contributed by atoms with Gasteiger partial charge in [0.2, 0.25) is 0 Å². The fourth-order valence-electron chi connectivity index (χ4n) is 3.32. The highest BCUT2D eigenvalue weighted by molar-refractivity contribution is 7.99. The second-order valence-corrected chi connectivity index (χ2v) is 7.43. The lowest BCUT2D eigenvalue weighted by atomic mass is 10.2. The molecule has 1 aromatic carbocycles. The third-order valence-electron chi connectivity index (χ3n) is 4.68. The van der Waals surface area contributed by atoms with Crippen LogP contribution in [-0.2, 0) is 6.54 Å². The highest BCUT2D eigenvalue weighted by atomic mass is 32.2. The zero-order valence-corrected chi connectivity index (χ0v) is 15.4. The predicted octanol–water partition coefficient (Wildman–Crippen LogP) is 2.88. The van der Waals surface area contributed by atoms with Crippen LogP contribution in [0.5, 0.6) is 0 Å². The van der Waals surface area contributed by atoms with Gasteiger partial charge in [0.05, 0.1) is 17.4 Å². The number of guanidine groups is 1. The number of aromatic nitrogens is 2. The Hall–Kier alpha value is -1.69. The molecule has 0 saturated heterocycles. The molecule has 1 fully saturated rings. The molecule has 1 aromatic heterocycles. The van der Waals surface area contributed by atoms with Gasteiger partial charge in [-0.2, -0.15) is 11.8 Å². The van der Waals surface area contributed by atoms with Gasteiger partial charge in [0.15, 0.2) is 5.96 Å². The van der Waals surface area contributed by atoms with Crippen molar-refractivity contribution in [3.8, 4) is 0 Å². The molecule has 5 nitrogen and oxygen atoms in total. The second kappa shape index (κ2) is 8.42. The summed E-state index contributed by atoms with van der Waals surface area (Å²) in [7, 11) is 1.85. The summed E-state index contributed by atoms with van der Waals surface area (Å²) in [4.78, 5) is 8.79. The first kappa shape index (κ1) is 17.1. The Morgan fingerprint density at radius 2 is 2.25 bits per heavy atom. The van der Waals surface area contributed by atoms with Crippen LogP contribution in [0.3, 0.4) is 0 Å². The van der Waals surface area contributed by atoms with Gasteiger partial charge in [-0.3, -0.25) is 4.99 Å². The van der Waals surface area contributed by atoms with Crippen molar-refractivity contribution >= 4 is 28.8 Å². The maximum atomic E-state index is 4.44. The van der Waals surface area contributed by atoms with Crippen molar-refractivity contribution in [1.82, 2.24) is 20.2 Å². The van der Waals surface area contributed by atoms with Crippen molar-refractivity contribution in [3.05, 3.63) is 30.6 Å². The van der Waals surface area contributed by atoms with E-state index in [9.17, 15) is 0 Å². The van der Waals surface area contributed by atoms with Gasteiger partial charge in [0, 0.05) is 31.4 Å². The molecule has 130 valence electrons. The van der Waals surface area contributed by atoms with Crippen LogP contribution < -0.4 is 10.6 Å². The number of rotatable bonds is 6. The van der Waals surface area contributed by atoms with E-state index in [-0.39, 0.29) is 0 Å². The van der Waals surface area contributed by atoms with Crippen LogP contribution >= 0.6 is 11.8 Å². The van der Waals surface area contributed by atoms with Crippen molar-refractivity contribution in [2.45, 2.75) is 43.5 Å². The number of para-hydroxylation sites is 2. The Labute approximate surface area is 148 Å². The summed E-state index contributed by atoms with van der Waals surface area (Å²) in [5.74, 6) is 0.928. The molecule has 0 spiro atoms. The Morgan fingerprint density at radius 3 is 3.04 bits per heavy atom. The normalized spacial score (nSPS) is 21.3. The first-order chi connectivity index (χ1) is 11.8. The lowest BCUT2D eigenvalue weighted by molar-refractivity contribution is 0.598. The topological polar surface area (TPSA) is 54.2 Å². The van der Waals surface area contributed by atoms with Gasteiger partial charge in [0.25, 0.3) is 0 Å². The Balaban J connectivity index is 1.42. The van der Waals surface area contributed by atoms with Gasteiger partial charge in [0.1, 0.15) is 0 Å². The number of imidazole rings is 1. The van der Waals surface area contributed by atoms with Crippen molar-refractivity contribution in [2.75, 3.05) is 19.8 Å². The fourth-order valence-corrected chi connectivity index (χ4v) is 4.11. The molecule has 2 N–H and O–H groups in total. The summed E-state index contributed by atoms with van der Waals surface area (Å²) < 4.78 is 2.22. The SMILES string of the molecule is CN=C(NCCCn1cnc2ccccc21)NC1CCC(SC)C1. The first-order valence-corrected chi connectivity index (χ1v) is 9.99. The number of hydrogen-bond acceptors (Lipinski definition) is 3. The van der Waals surface area contributed by atoms with Crippen LogP contribution in [0.1, 0.15) is 25.7 Å². The number of benzene rings is 1. The van der Waals surface area contributed by atoms with E-state index in [0.717, 1.165) is 36.2 Å². The maximum Gasteiger partial charge on any atom is 0.191 e. The summed E-state index contributed by atoms with van der Waals surface area (Å²) in [6.45, 7) is 1.87. The average molecular weight is 346 g/mol. The van der Waals surface area contributed by atoms with Crippen LogP contribution in [-0.4, -0.2) is 46.7 Å². The summed E-state index contributed by atoms with van der Waals surface area (Å²) in [5.41, 5.74) is 2.27. The zero-order valence-electron chi connectivity index (χ0n) is 14.5. The summed E-state index contributed by atoms with van der Waals surface area (Å²) in [5, 5.41) is 7.80.